The van der Waals surface area contributed by atoms with Crippen LogP contribution in [0.2, 0.25) is 0 Å². The van der Waals surface area contributed by atoms with Gasteiger partial charge in [0.1, 0.15) is 0 Å². The number of hydrogen-bond donors (Lipinski definition) is 1. The Kier molecular flexibility index (Phi) is 1.71. The minimum absolute atomic E-state index is 0.252. The van der Waals surface area contributed by atoms with E-state index in [0.717, 1.165) is 6.42 Å². The molecule has 0 saturated heterocycles. The highest BCUT2D eigenvalue weighted by Crippen LogP contribution is 2.48. The van der Waals surface area contributed by atoms with Crippen molar-refractivity contribution in [2.24, 2.45) is 11.8 Å². The topological polar surface area (TPSA) is 20.2 Å². The van der Waals surface area contributed by atoms with Crippen molar-refractivity contribution < 1.29 is 5.11 Å². The van der Waals surface area contributed by atoms with Gasteiger partial charge in [0.25, 0.3) is 0 Å². The van der Waals surface area contributed by atoms with Crippen molar-refractivity contribution in [3.63, 3.8) is 0 Å². The summed E-state index contributed by atoms with van der Waals surface area (Å²) < 4.78 is 0. The fourth-order valence-electron chi connectivity index (χ4n) is 3.00. The van der Waals surface area contributed by atoms with E-state index in [2.05, 4.69) is 6.92 Å². The molecule has 0 aromatic rings. The minimum Gasteiger partial charge on any atom is -0.389 e. The standard InChI is InChI=1S/C10H18O/c1-8-5-6-9-4-2-3-7-10(8,9)11/h8-9,11H,2-7H2,1H3/t8-,9-,10-/m1/s1. The van der Waals surface area contributed by atoms with E-state index in [9.17, 15) is 5.11 Å². The lowest BCUT2D eigenvalue weighted by atomic mass is 9.74. The summed E-state index contributed by atoms with van der Waals surface area (Å²) in [5, 5.41) is 10.3. The first-order valence-electron chi connectivity index (χ1n) is 4.96. The lowest BCUT2D eigenvalue weighted by Crippen LogP contribution is -2.40. The fraction of sp³-hybridized carbons (Fsp3) is 1.00. The van der Waals surface area contributed by atoms with E-state index >= 15 is 0 Å². The van der Waals surface area contributed by atoms with Gasteiger partial charge in [0.2, 0.25) is 0 Å². The third-order valence-electron chi connectivity index (χ3n) is 3.89. The first kappa shape index (κ1) is 7.60. The van der Waals surface area contributed by atoms with Crippen molar-refractivity contribution in [3.8, 4) is 0 Å². The Labute approximate surface area is 68.8 Å². The van der Waals surface area contributed by atoms with Crippen LogP contribution in [0.1, 0.15) is 45.4 Å². The van der Waals surface area contributed by atoms with Crippen LogP contribution >= 0.6 is 0 Å². The predicted octanol–water partition coefficient (Wildman–Crippen LogP) is 2.34. The van der Waals surface area contributed by atoms with Crippen LogP contribution in [0.15, 0.2) is 0 Å². The number of hydrogen-bond acceptors (Lipinski definition) is 1. The molecular weight excluding hydrogens is 136 g/mol. The quantitative estimate of drug-likeness (QED) is 0.568. The highest BCUT2D eigenvalue weighted by Gasteiger charge is 2.47. The molecule has 2 aliphatic carbocycles. The van der Waals surface area contributed by atoms with Crippen molar-refractivity contribution in [2.75, 3.05) is 0 Å². The van der Waals surface area contributed by atoms with Gasteiger partial charge < -0.3 is 5.11 Å². The normalized spacial score (nSPS) is 50.7. The first-order valence-corrected chi connectivity index (χ1v) is 4.96. The Hall–Kier alpha value is -0.0400. The van der Waals surface area contributed by atoms with Gasteiger partial charge in [-0.05, 0) is 37.5 Å². The van der Waals surface area contributed by atoms with E-state index in [0.29, 0.717) is 11.8 Å². The molecule has 0 aromatic heterocycles. The Balaban J connectivity index is 2.16. The second kappa shape index (κ2) is 2.48. The Morgan fingerprint density at radius 1 is 1.18 bits per heavy atom. The van der Waals surface area contributed by atoms with Crippen molar-refractivity contribution >= 4 is 0 Å². The zero-order chi connectivity index (χ0) is 7.90. The lowest BCUT2D eigenvalue weighted by Gasteiger charge is -2.37. The van der Waals surface area contributed by atoms with Gasteiger partial charge in [0.15, 0.2) is 0 Å². The molecule has 1 heteroatoms. The first-order chi connectivity index (χ1) is 5.23. The average Bonchev–Trinajstić information content (AvgIpc) is 2.29. The Bertz CT molecular complexity index is 153. The van der Waals surface area contributed by atoms with Gasteiger partial charge in [-0.1, -0.05) is 19.8 Å². The van der Waals surface area contributed by atoms with E-state index in [1.165, 1.54) is 32.1 Å². The van der Waals surface area contributed by atoms with Gasteiger partial charge in [0.05, 0.1) is 5.60 Å². The summed E-state index contributed by atoms with van der Waals surface area (Å²) in [7, 11) is 0. The highest BCUT2D eigenvalue weighted by molar-refractivity contribution is 4.98. The van der Waals surface area contributed by atoms with Crippen LogP contribution in [0.5, 0.6) is 0 Å². The molecule has 0 radical (unpaired) electrons. The summed E-state index contributed by atoms with van der Waals surface area (Å²) in [5.74, 6) is 1.21. The molecule has 0 spiro atoms. The van der Waals surface area contributed by atoms with Crippen LogP contribution in [0.4, 0.5) is 0 Å². The molecule has 0 bridgehead atoms. The van der Waals surface area contributed by atoms with E-state index in [1.54, 1.807) is 0 Å². The maximum absolute atomic E-state index is 10.3. The maximum atomic E-state index is 10.3. The molecule has 1 N–H and O–H groups in total. The monoisotopic (exact) mass is 154 g/mol. The largest absolute Gasteiger partial charge is 0.389 e. The summed E-state index contributed by atoms with van der Waals surface area (Å²) in [6.07, 6.45) is 7.47. The van der Waals surface area contributed by atoms with Crippen molar-refractivity contribution in [1.82, 2.24) is 0 Å². The summed E-state index contributed by atoms with van der Waals surface area (Å²) in [6, 6.07) is 0. The predicted molar refractivity (Wildman–Crippen MR) is 45.3 cm³/mol. The molecule has 64 valence electrons. The third-order valence-corrected chi connectivity index (χ3v) is 3.89. The Morgan fingerprint density at radius 2 is 2.00 bits per heavy atom. The van der Waals surface area contributed by atoms with Gasteiger partial charge in [-0.3, -0.25) is 0 Å². The van der Waals surface area contributed by atoms with E-state index < -0.39 is 0 Å². The maximum Gasteiger partial charge on any atom is 0.0701 e. The highest BCUT2D eigenvalue weighted by atomic mass is 16.3. The molecule has 0 aromatic carbocycles. The van der Waals surface area contributed by atoms with Gasteiger partial charge in [-0.2, -0.15) is 0 Å². The average molecular weight is 154 g/mol. The molecule has 2 fully saturated rings. The van der Waals surface area contributed by atoms with Crippen LogP contribution in [-0.4, -0.2) is 10.7 Å². The van der Waals surface area contributed by atoms with Crippen LogP contribution < -0.4 is 0 Å². The summed E-state index contributed by atoms with van der Waals surface area (Å²) >= 11 is 0. The van der Waals surface area contributed by atoms with Gasteiger partial charge in [-0.15, -0.1) is 0 Å². The second-order valence-electron chi connectivity index (χ2n) is 4.41. The summed E-state index contributed by atoms with van der Waals surface area (Å²) in [4.78, 5) is 0. The molecule has 2 rings (SSSR count). The van der Waals surface area contributed by atoms with Gasteiger partial charge in [-0.25, -0.2) is 0 Å². The van der Waals surface area contributed by atoms with E-state index in [1.807, 2.05) is 0 Å². The zero-order valence-corrected chi connectivity index (χ0v) is 7.34. The molecular formula is C10H18O. The third kappa shape index (κ3) is 1.01. The smallest absolute Gasteiger partial charge is 0.0701 e. The molecule has 3 atom stereocenters. The molecule has 0 heterocycles. The molecule has 0 amide bonds. The fourth-order valence-corrected chi connectivity index (χ4v) is 3.00. The van der Waals surface area contributed by atoms with Crippen molar-refractivity contribution in [3.05, 3.63) is 0 Å². The van der Waals surface area contributed by atoms with Crippen molar-refractivity contribution in [2.45, 2.75) is 51.0 Å². The number of aliphatic hydroxyl groups is 1. The zero-order valence-electron chi connectivity index (χ0n) is 7.34. The second-order valence-corrected chi connectivity index (χ2v) is 4.41. The molecule has 2 aliphatic rings. The summed E-state index contributed by atoms with van der Waals surface area (Å²) in [5.41, 5.74) is -0.252. The van der Waals surface area contributed by atoms with Crippen LogP contribution in [0.3, 0.4) is 0 Å². The molecule has 2 saturated carbocycles. The summed E-state index contributed by atoms with van der Waals surface area (Å²) in [6.45, 7) is 2.21. The molecule has 1 nitrogen and oxygen atoms in total. The van der Waals surface area contributed by atoms with E-state index in [-0.39, 0.29) is 5.60 Å². The van der Waals surface area contributed by atoms with Crippen LogP contribution in [-0.2, 0) is 0 Å². The lowest BCUT2D eigenvalue weighted by molar-refractivity contribution is -0.0571. The minimum atomic E-state index is -0.252. The van der Waals surface area contributed by atoms with Crippen LogP contribution in [0, 0.1) is 11.8 Å². The molecule has 0 aliphatic heterocycles. The number of fused-ring (bicyclic) bond motifs is 1. The van der Waals surface area contributed by atoms with Gasteiger partial charge in [0, 0.05) is 0 Å². The van der Waals surface area contributed by atoms with Gasteiger partial charge >= 0.3 is 0 Å². The Morgan fingerprint density at radius 3 is 2.73 bits per heavy atom. The molecule has 11 heavy (non-hydrogen) atoms. The SMILES string of the molecule is C[C@@H]1CC[C@H]2CCCC[C@]21O. The van der Waals surface area contributed by atoms with Crippen molar-refractivity contribution in [1.29, 1.82) is 0 Å². The number of rotatable bonds is 0. The van der Waals surface area contributed by atoms with E-state index in [4.69, 9.17) is 0 Å². The van der Waals surface area contributed by atoms with Crippen LogP contribution in [0.25, 0.3) is 0 Å². The molecule has 0 unspecified atom stereocenters.